The van der Waals surface area contributed by atoms with Gasteiger partial charge < -0.3 is 4.74 Å². The highest BCUT2D eigenvalue weighted by Gasteiger charge is 2.29. The quantitative estimate of drug-likeness (QED) is 0.795. The van der Waals surface area contributed by atoms with Crippen molar-refractivity contribution in [1.82, 2.24) is 0 Å². The molecular formula is C19H20N2O5S. The first-order chi connectivity index (χ1) is 12.8. The number of methoxy groups -OCH3 is 1. The van der Waals surface area contributed by atoms with Gasteiger partial charge in [0, 0.05) is 18.5 Å². The molecule has 7 nitrogen and oxygen atoms in total. The van der Waals surface area contributed by atoms with Crippen molar-refractivity contribution < 1.29 is 22.7 Å². The normalized spacial score (nSPS) is 15.0. The van der Waals surface area contributed by atoms with Gasteiger partial charge in [-0.2, -0.15) is 0 Å². The van der Waals surface area contributed by atoms with Crippen LogP contribution in [0.4, 0.5) is 11.4 Å². The highest BCUT2D eigenvalue weighted by atomic mass is 32.2. The van der Waals surface area contributed by atoms with Gasteiger partial charge in [-0.15, -0.1) is 0 Å². The van der Waals surface area contributed by atoms with Gasteiger partial charge >= 0.3 is 0 Å². The topological polar surface area (TPSA) is 92.8 Å². The number of ether oxygens (including phenoxy) is 1. The van der Waals surface area contributed by atoms with Gasteiger partial charge in [-0.05, 0) is 49.2 Å². The average molecular weight is 388 g/mol. The Balaban J connectivity index is 2.03. The Morgan fingerprint density at radius 3 is 2.37 bits per heavy atom. The largest absolute Gasteiger partial charge is 0.495 e. The van der Waals surface area contributed by atoms with E-state index in [4.69, 9.17) is 4.74 Å². The number of carbonyl (C=O) groups is 2. The summed E-state index contributed by atoms with van der Waals surface area (Å²) in [5.41, 5.74) is 1.53. The molecule has 2 aromatic rings. The summed E-state index contributed by atoms with van der Waals surface area (Å²) in [6, 6.07) is 11.2. The maximum atomic E-state index is 12.9. The molecule has 0 unspecified atom stereocenters. The van der Waals surface area contributed by atoms with Gasteiger partial charge in [0.05, 0.1) is 12.8 Å². The second-order valence-electron chi connectivity index (χ2n) is 6.29. The van der Waals surface area contributed by atoms with E-state index in [1.165, 1.54) is 25.3 Å². The monoisotopic (exact) mass is 388 g/mol. The summed E-state index contributed by atoms with van der Waals surface area (Å²) in [4.78, 5) is 25.2. The van der Waals surface area contributed by atoms with Crippen molar-refractivity contribution >= 4 is 33.2 Å². The third kappa shape index (κ3) is 3.95. The molecule has 0 aliphatic carbocycles. The average Bonchev–Trinajstić information content (AvgIpc) is 2.61. The summed E-state index contributed by atoms with van der Waals surface area (Å²) >= 11 is 0. The van der Waals surface area contributed by atoms with Crippen LogP contribution in [0.5, 0.6) is 5.75 Å². The first kappa shape index (κ1) is 18.9. The standard InChI is InChI=1S/C19H20N2O5S/c1-13-5-3-6-14(11-13)20-27(24,25)17-12-15(9-10-16(17)26-2)21-18(22)7-4-8-19(21)23/h3,5-6,9-12,20H,4,7-8H2,1-2H3. The predicted molar refractivity (Wildman–Crippen MR) is 101 cm³/mol. The number of piperidine rings is 1. The number of nitrogens with zero attached hydrogens (tertiary/aromatic N) is 1. The van der Waals surface area contributed by atoms with E-state index in [1.54, 1.807) is 18.2 Å². The molecule has 142 valence electrons. The van der Waals surface area contributed by atoms with E-state index in [-0.39, 0.29) is 41.0 Å². The zero-order valence-corrected chi connectivity index (χ0v) is 15.9. The maximum absolute atomic E-state index is 12.9. The minimum absolute atomic E-state index is 0.121. The third-order valence-corrected chi connectivity index (χ3v) is 5.65. The minimum atomic E-state index is -3.99. The van der Waals surface area contributed by atoms with Gasteiger partial charge in [-0.25, -0.2) is 8.42 Å². The van der Waals surface area contributed by atoms with Crippen LogP contribution in [0.15, 0.2) is 47.4 Å². The number of rotatable bonds is 5. The summed E-state index contributed by atoms with van der Waals surface area (Å²) in [6.45, 7) is 1.85. The van der Waals surface area contributed by atoms with E-state index in [9.17, 15) is 18.0 Å². The lowest BCUT2D eigenvalue weighted by atomic mass is 10.1. The molecule has 0 aromatic heterocycles. The fourth-order valence-corrected chi connectivity index (χ4v) is 4.21. The van der Waals surface area contributed by atoms with Crippen molar-refractivity contribution in [2.24, 2.45) is 0 Å². The van der Waals surface area contributed by atoms with Crippen molar-refractivity contribution in [3.05, 3.63) is 48.0 Å². The van der Waals surface area contributed by atoms with Gasteiger partial charge in [-0.1, -0.05) is 12.1 Å². The Bertz CT molecular complexity index is 985. The molecule has 1 heterocycles. The van der Waals surface area contributed by atoms with Gasteiger partial charge in [0.25, 0.3) is 10.0 Å². The molecule has 0 bridgehead atoms. The van der Waals surface area contributed by atoms with Gasteiger partial charge in [0.1, 0.15) is 10.6 Å². The number of hydrogen-bond donors (Lipinski definition) is 1. The number of sulfonamides is 1. The van der Waals surface area contributed by atoms with Crippen LogP contribution in [0.2, 0.25) is 0 Å². The number of amides is 2. The van der Waals surface area contributed by atoms with Crippen molar-refractivity contribution in [1.29, 1.82) is 0 Å². The molecule has 27 heavy (non-hydrogen) atoms. The number of carbonyl (C=O) groups excluding carboxylic acids is 2. The lowest BCUT2D eigenvalue weighted by molar-refractivity contribution is -0.129. The highest BCUT2D eigenvalue weighted by Crippen LogP contribution is 2.32. The van der Waals surface area contributed by atoms with E-state index >= 15 is 0 Å². The molecule has 1 aliphatic rings. The Hall–Kier alpha value is -2.87. The predicted octanol–water partition coefficient (Wildman–Crippen LogP) is 2.85. The van der Waals surface area contributed by atoms with Crippen LogP contribution in [-0.4, -0.2) is 27.3 Å². The van der Waals surface area contributed by atoms with E-state index in [2.05, 4.69) is 4.72 Å². The van der Waals surface area contributed by atoms with Gasteiger partial charge in [-0.3, -0.25) is 19.2 Å². The van der Waals surface area contributed by atoms with Crippen LogP contribution in [0.3, 0.4) is 0 Å². The zero-order chi connectivity index (χ0) is 19.6. The number of imide groups is 1. The van der Waals surface area contributed by atoms with Crippen molar-refractivity contribution in [2.75, 3.05) is 16.7 Å². The Kier molecular flexibility index (Phi) is 5.18. The molecule has 1 fully saturated rings. The molecule has 1 aliphatic heterocycles. The molecule has 0 radical (unpaired) electrons. The van der Waals surface area contributed by atoms with E-state index < -0.39 is 10.0 Å². The number of hydrogen-bond acceptors (Lipinski definition) is 5. The third-order valence-electron chi connectivity index (χ3n) is 4.25. The number of benzene rings is 2. The summed E-state index contributed by atoms with van der Waals surface area (Å²) in [5, 5.41) is 0. The fourth-order valence-electron chi connectivity index (χ4n) is 2.97. The molecule has 2 amide bonds. The molecule has 0 saturated carbocycles. The minimum Gasteiger partial charge on any atom is -0.495 e. The molecule has 1 saturated heterocycles. The number of nitrogens with one attached hydrogen (secondary N) is 1. The lowest BCUT2D eigenvalue weighted by Gasteiger charge is -2.25. The van der Waals surface area contributed by atoms with Crippen LogP contribution in [0.1, 0.15) is 24.8 Å². The van der Waals surface area contributed by atoms with Crippen LogP contribution < -0.4 is 14.4 Å². The highest BCUT2D eigenvalue weighted by molar-refractivity contribution is 7.92. The van der Waals surface area contributed by atoms with Crippen molar-refractivity contribution in [2.45, 2.75) is 31.1 Å². The molecule has 0 spiro atoms. The second-order valence-corrected chi connectivity index (χ2v) is 7.94. The summed E-state index contributed by atoms with van der Waals surface area (Å²) < 4.78 is 33.5. The first-order valence-electron chi connectivity index (χ1n) is 8.45. The summed E-state index contributed by atoms with van der Waals surface area (Å²) in [5.74, 6) is -0.561. The van der Waals surface area contributed by atoms with E-state index in [0.29, 0.717) is 12.1 Å². The van der Waals surface area contributed by atoms with Crippen LogP contribution in [0, 0.1) is 6.92 Å². The van der Waals surface area contributed by atoms with Crippen LogP contribution in [-0.2, 0) is 19.6 Å². The second kappa shape index (κ2) is 7.40. The fraction of sp³-hybridized carbons (Fsp3) is 0.263. The Morgan fingerprint density at radius 1 is 1.04 bits per heavy atom. The van der Waals surface area contributed by atoms with Crippen molar-refractivity contribution in [3.63, 3.8) is 0 Å². The molecule has 2 aromatic carbocycles. The first-order valence-corrected chi connectivity index (χ1v) is 9.93. The Morgan fingerprint density at radius 2 is 1.74 bits per heavy atom. The molecule has 3 rings (SSSR count). The summed E-state index contributed by atoms with van der Waals surface area (Å²) in [6.07, 6.45) is 1.01. The van der Waals surface area contributed by atoms with E-state index in [1.807, 2.05) is 13.0 Å². The van der Waals surface area contributed by atoms with Gasteiger partial charge in [0.2, 0.25) is 11.8 Å². The van der Waals surface area contributed by atoms with E-state index in [0.717, 1.165) is 10.5 Å². The molecule has 8 heteroatoms. The molecular weight excluding hydrogens is 368 g/mol. The number of anilines is 2. The lowest BCUT2D eigenvalue weighted by Crippen LogP contribution is -2.40. The van der Waals surface area contributed by atoms with Crippen LogP contribution >= 0.6 is 0 Å². The van der Waals surface area contributed by atoms with Crippen LogP contribution in [0.25, 0.3) is 0 Å². The molecule has 0 atom stereocenters. The van der Waals surface area contributed by atoms with Gasteiger partial charge in [0.15, 0.2) is 0 Å². The maximum Gasteiger partial charge on any atom is 0.265 e. The molecule has 1 N–H and O–H groups in total. The summed E-state index contributed by atoms with van der Waals surface area (Å²) in [7, 11) is -2.63. The zero-order valence-electron chi connectivity index (χ0n) is 15.1. The Labute approximate surface area is 158 Å². The van der Waals surface area contributed by atoms with Crippen molar-refractivity contribution in [3.8, 4) is 5.75 Å². The SMILES string of the molecule is COc1ccc(N2C(=O)CCCC2=O)cc1S(=O)(=O)Nc1cccc(C)c1. The number of aryl methyl sites for hydroxylation is 1. The smallest absolute Gasteiger partial charge is 0.265 e.